The second-order valence-corrected chi connectivity index (χ2v) is 10.3. The number of piperidine rings is 1. The molecule has 9 heteroatoms. The number of aryl methyl sites for hydroxylation is 2. The number of nitrogens with zero attached hydrogens (tertiary/aromatic N) is 6. The summed E-state index contributed by atoms with van der Waals surface area (Å²) in [6, 6.07) is 6.20. The number of thioether (sulfide) groups is 1. The summed E-state index contributed by atoms with van der Waals surface area (Å²) in [5.41, 5.74) is 3.71. The fourth-order valence-electron chi connectivity index (χ4n) is 4.76. The van der Waals surface area contributed by atoms with Crippen molar-refractivity contribution in [1.82, 2.24) is 29.1 Å². The minimum absolute atomic E-state index is 0.0980. The Labute approximate surface area is 197 Å². The van der Waals surface area contributed by atoms with Crippen LogP contribution in [0, 0.1) is 13.8 Å². The van der Waals surface area contributed by atoms with Crippen LogP contribution in [-0.2, 0) is 4.79 Å². The molecular weight excluding hydrogens is 436 g/mol. The van der Waals surface area contributed by atoms with Gasteiger partial charge in [0.25, 0.3) is 5.56 Å². The van der Waals surface area contributed by atoms with Crippen LogP contribution in [0.15, 0.2) is 34.3 Å². The molecule has 1 aromatic carbocycles. The molecule has 0 radical (unpaired) electrons. The predicted octanol–water partition coefficient (Wildman–Crippen LogP) is 2.79. The Bertz CT molecular complexity index is 1270. The van der Waals surface area contributed by atoms with Crippen molar-refractivity contribution in [3.8, 4) is 5.69 Å². The molecule has 174 valence electrons. The van der Waals surface area contributed by atoms with E-state index in [9.17, 15) is 9.59 Å². The zero-order chi connectivity index (χ0) is 23.3. The molecule has 3 aromatic rings. The third-order valence-electron chi connectivity index (χ3n) is 7.15. The monoisotopic (exact) mass is 466 g/mol. The van der Waals surface area contributed by atoms with E-state index in [0.717, 1.165) is 37.2 Å². The average molecular weight is 467 g/mol. The molecule has 4 heterocycles. The third-order valence-corrected chi connectivity index (χ3v) is 8.24. The molecule has 5 rings (SSSR count). The minimum atomic E-state index is -0.180. The SMILES string of the molecule is Cc1ccc(-n2ncc3c(=O)n4c(nc32)SCC4CC(=O)N(C)C2CCN(C)CC2)cc1C. The zero-order valence-electron chi connectivity index (χ0n) is 19.6. The lowest BCUT2D eigenvalue weighted by atomic mass is 10.0. The number of likely N-dealkylation sites (tertiary alicyclic amines) is 1. The van der Waals surface area contributed by atoms with E-state index in [4.69, 9.17) is 4.98 Å². The second-order valence-electron chi connectivity index (χ2n) is 9.34. The van der Waals surface area contributed by atoms with Crippen LogP contribution in [0.3, 0.4) is 0 Å². The van der Waals surface area contributed by atoms with Crippen LogP contribution in [-0.4, -0.2) is 74.0 Å². The highest BCUT2D eigenvalue weighted by Crippen LogP contribution is 2.34. The Kier molecular flexibility index (Phi) is 5.78. The molecule has 1 saturated heterocycles. The molecule has 33 heavy (non-hydrogen) atoms. The quantitative estimate of drug-likeness (QED) is 0.551. The normalized spacial score (nSPS) is 19.2. The van der Waals surface area contributed by atoms with Crippen molar-refractivity contribution in [2.45, 2.75) is 50.4 Å². The van der Waals surface area contributed by atoms with Gasteiger partial charge >= 0.3 is 0 Å². The van der Waals surface area contributed by atoms with Crippen molar-refractivity contribution in [1.29, 1.82) is 0 Å². The fourth-order valence-corrected chi connectivity index (χ4v) is 5.89. The fraction of sp³-hybridized carbons (Fsp3) is 0.500. The van der Waals surface area contributed by atoms with Crippen LogP contribution >= 0.6 is 11.8 Å². The van der Waals surface area contributed by atoms with Gasteiger partial charge in [0.2, 0.25) is 5.91 Å². The highest BCUT2D eigenvalue weighted by molar-refractivity contribution is 7.99. The van der Waals surface area contributed by atoms with Crippen molar-refractivity contribution in [2.75, 3.05) is 32.9 Å². The maximum atomic E-state index is 13.4. The summed E-state index contributed by atoms with van der Waals surface area (Å²) in [4.78, 5) is 35.5. The summed E-state index contributed by atoms with van der Waals surface area (Å²) in [6.45, 7) is 6.15. The number of hydrogen-bond donors (Lipinski definition) is 0. The van der Waals surface area contributed by atoms with Crippen LogP contribution < -0.4 is 5.56 Å². The maximum absolute atomic E-state index is 13.4. The number of carbonyl (C=O) groups is 1. The Morgan fingerprint density at radius 1 is 1.21 bits per heavy atom. The third kappa shape index (κ3) is 3.97. The number of aromatic nitrogens is 4. The van der Waals surface area contributed by atoms with Gasteiger partial charge in [-0.1, -0.05) is 17.8 Å². The van der Waals surface area contributed by atoms with Gasteiger partial charge in [0, 0.05) is 25.3 Å². The smallest absolute Gasteiger partial charge is 0.265 e. The van der Waals surface area contributed by atoms with Crippen LogP contribution in [0.5, 0.6) is 0 Å². The lowest BCUT2D eigenvalue weighted by Crippen LogP contribution is -2.45. The molecule has 8 nitrogen and oxygen atoms in total. The van der Waals surface area contributed by atoms with Crippen molar-refractivity contribution in [2.24, 2.45) is 0 Å². The van der Waals surface area contributed by atoms with Crippen molar-refractivity contribution in [3.63, 3.8) is 0 Å². The molecule has 2 aliphatic heterocycles. The van der Waals surface area contributed by atoms with E-state index in [1.807, 2.05) is 18.0 Å². The molecule has 2 aromatic heterocycles. The molecule has 1 unspecified atom stereocenters. The molecule has 2 aliphatic rings. The number of hydrogen-bond acceptors (Lipinski definition) is 6. The van der Waals surface area contributed by atoms with Gasteiger partial charge in [-0.25, -0.2) is 9.67 Å². The highest BCUT2D eigenvalue weighted by atomic mass is 32.2. The van der Waals surface area contributed by atoms with Gasteiger partial charge in [-0.2, -0.15) is 5.10 Å². The molecule has 0 N–H and O–H groups in total. The van der Waals surface area contributed by atoms with Gasteiger partial charge in [-0.3, -0.25) is 14.2 Å². The van der Waals surface area contributed by atoms with E-state index in [-0.39, 0.29) is 23.6 Å². The molecule has 1 amide bonds. The molecule has 0 bridgehead atoms. The van der Waals surface area contributed by atoms with E-state index < -0.39 is 0 Å². The first-order chi connectivity index (χ1) is 15.8. The average Bonchev–Trinajstić information content (AvgIpc) is 3.41. The van der Waals surface area contributed by atoms with Crippen LogP contribution in [0.4, 0.5) is 0 Å². The maximum Gasteiger partial charge on any atom is 0.265 e. The van der Waals surface area contributed by atoms with Gasteiger partial charge in [0.1, 0.15) is 5.39 Å². The van der Waals surface area contributed by atoms with Crippen molar-refractivity contribution >= 4 is 28.7 Å². The van der Waals surface area contributed by atoms with Gasteiger partial charge in [-0.05, 0) is 70.1 Å². The number of carbonyl (C=O) groups excluding carboxylic acids is 1. The Morgan fingerprint density at radius 3 is 2.70 bits per heavy atom. The Balaban J connectivity index is 1.41. The summed E-state index contributed by atoms with van der Waals surface area (Å²) in [5.74, 6) is 0.777. The second kappa shape index (κ2) is 8.61. The summed E-state index contributed by atoms with van der Waals surface area (Å²) in [7, 11) is 4.02. The first-order valence-corrected chi connectivity index (χ1v) is 12.5. The van der Waals surface area contributed by atoms with Crippen molar-refractivity contribution in [3.05, 3.63) is 45.9 Å². The predicted molar refractivity (Wildman–Crippen MR) is 130 cm³/mol. The van der Waals surface area contributed by atoms with Crippen LogP contribution in [0.1, 0.15) is 36.4 Å². The number of rotatable bonds is 4. The summed E-state index contributed by atoms with van der Waals surface area (Å²) >= 11 is 1.54. The lowest BCUT2D eigenvalue weighted by Gasteiger charge is -2.35. The topological polar surface area (TPSA) is 76.3 Å². The Morgan fingerprint density at radius 2 is 1.97 bits per heavy atom. The first kappa shape index (κ1) is 22.2. The summed E-state index contributed by atoms with van der Waals surface area (Å²) in [5, 5.41) is 5.62. The van der Waals surface area contributed by atoms with E-state index in [1.54, 1.807) is 27.2 Å². The van der Waals surface area contributed by atoms with E-state index in [1.165, 1.54) is 5.56 Å². The minimum Gasteiger partial charge on any atom is -0.343 e. The van der Waals surface area contributed by atoms with Gasteiger partial charge in [0.15, 0.2) is 10.8 Å². The van der Waals surface area contributed by atoms with Crippen LogP contribution in [0.2, 0.25) is 0 Å². The van der Waals surface area contributed by atoms with Gasteiger partial charge in [-0.15, -0.1) is 0 Å². The molecular formula is C24H30N6O2S. The van der Waals surface area contributed by atoms with E-state index >= 15 is 0 Å². The summed E-state index contributed by atoms with van der Waals surface area (Å²) < 4.78 is 3.44. The number of fused-ring (bicyclic) bond motifs is 2. The standard InChI is InChI=1S/C24H30N6O2S/c1-15-5-6-18(11-16(15)2)30-22-20(13-25-30)23(32)29-19(14-33-24(29)26-22)12-21(31)28(4)17-7-9-27(3)10-8-17/h5-6,11,13,17,19H,7-10,12,14H2,1-4H3. The van der Waals surface area contributed by atoms with Crippen molar-refractivity contribution < 1.29 is 4.79 Å². The molecule has 0 aliphatic carbocycles. The Hall–Kier alpha value is -2.65. The molecule has 0 spiro atoms. The van der Waals surface area contributed by atoms with E-state index in [0.29, 0.717) is 28.4 Å². The van der Waals surface area contributed by atoms with E-state index in [2.05, 4.69) is 43.0 Å². The number of benzene rings is 1. The highest BCUT2D eigenvalue weighted by Gasteiger charge is 2.32. The van der Waals surface area contributed by atoms with Crippen LogP contribution in [0.25, 0.3) is 16.7 Å². The molecule has 0 saturated carbocycles. The first-order valence-electron chi connectivity index (χ1n) is 11.5. The summed E-state index contributed by atoms with van der Waals surface area (Å²) in [6.07, 6.45) is 3.91. The van der Waals surface area contributed by atoms with Gasteiger partial charge in [0.05, 0.1) is 17.9 Å². The largest absolute Gasteiger partial charge is 0.343 e. The lowest BCUT2D eigenvalue weighted by molar-refractivity contribution is -0.133. The molecule has 1 fully saturated rings. The van der Waals surface area contributed by atoms with Gasteiger partial charge < -0.3 is 9.80 Å². The number of amides is 1. The zero-order valence-corrected chi connectivity index (χ0v) is 20.4. The molecule has 1 atom stereocenters.